The predicted molar refractivity (Wildman–Crippen MR) is 100 cm³/mol. The molecule has 0 saturated carbocycles. The summed E-state index contributed by atoms with van der Waals surface area (Å²) >= 11 is 0. The van der Waals surface area contributed by atoms with E-state index < -0.39 is 16.1 Å². The van der Waals surface area contributed by atoms with Crippen molar-refractivity contribution in [3.63, 3.8) is 0 Å². The average molecular weight is 391 g/mol. The van der Waals surface area contributed by atoms with Crippen molar-refractivity contribution in [2.75, 3.05) is 6.54 Å². The summed E-state index contributed by atoms with van der Waals surface area (Å²) in [6, 6.07) is 7.16. The normalized spacial score (nSPS) is 15.7. The summed E-state index contributed by atoms with van der Waals surface area (Å²) < 4.78 is 33.3. The molecule has 2 heterocycles. The maximum absolute atomic E-state index is 13.1. The van der Waals surface area contributed by atoms with Crippen molar-refractivity contribution in [1.29, 1.82) is 0 Å². The number of nitrogens with zero attached hydrogens (tertiary/aromatic N) is 2. The lowest BCUT2D eigenvalue weighted by atomic mass is 9.97. The van der Waals surface area contributed by atoms with Gasteiger partial charge in [-0.25, -0.2) is 8.42 Å². The van der Waals surface area contributed by atoms with Crippen LogP contribution in [0.4, 0.5) is 0 Å². The standard InChI is InChI=1S/C19H25N3O4S/c1-12(2)17(21-27(24,25)18-13(3)20-26-14(18)4)19(23)22-10-9-15-7-5-6-8-16(15)11-22/h5-8,12,17,21H,9-11H2,1-4H3/t17-/m1/s1. The van der Waals surface area contributed by atoms with Crippen molar-refractivity contribution in [3.05, 3.63) is 46.8 Å². The summed E-state index contributed by atoms with van der Waals surface area (Å²) in [5.74, 6) is -0.207. The molecule has 7 nitrogen and oxygen atoms in total. The number of benzene rings is 1. The molecule has 1 aliphatic rings. The molecule has 3 rings (SSSR count). The SMILES string of the molecule is Cc1noc(C)c1S(=O)(=O)N[C@@H](C(=O)N1CCc2ccccc2C1)C(C)C. The molecule has 146 valence electrons. The molecule has 0 aliphatic carbocycles. The van der Waals surface area contributed by atoms with E-state index in [1.54, 1.807) is 18.7 Å². The molecule has 0 bridgehead atoms. The number of aromatic nitrogens is 1. The Hall–Kier alpha value is -2.19. The van der Waals surface area contributed by atoms with Crippen LogP contribution in [0.15, 0.2) is 33.7 Å². The lowest BCUT2D eigenvalue weighted by Gasteiger charge is -2.33. The first-order valence-electron chi connectivity index (χ1n) is 9.01. The molecule has 1 aliphatic heterocycles. The van der Waals surface area contributed by atoms with Crippen molar-refractivity contribution < 1.29 is 17.7 Å². The average Bonchev–Trinajstić information content (AvgIpc) is 2.97. The van der Waals surface area contributed by atoms with E-state index in [9.17, 15) is 13.2 Å². The van der Waals surface area contributed by atoms with Gasteiger partial charge in [0.25, 0.3) is 0 Å². The minimum atomic E-state index is -3.92. The number of rotatable bonds is 5. The van der Waals surface area contributed by atoms with E-state index in [2.05, 4.69) is 15.9 Å². The Morgan fingerprint density at radius 3 is 2.48 bits per heavy atom. The van der Waals surface area contributed by atoms with Crippen LogP contribution in [-0.2, 0) is 27.8 Å². The molecule has 0 saturated heterocycles. The van der Waals surface area contributed by atoms with Crippen LogP contribution in [0.3, 0.4) is 0 Å². The van der Waals surface area contributed by atoms with Gasteiger partial charge in [0.2, 0.25) is 15.9 Å². The number of fused-ring (bicyclic) bond motifs is 1. The van der Waals surface area contributed by atoms with Gasteiger partial charge < -0.3 is 9.42 Å². The van der Waals surface area contributed by atoms with E-state index in [4.69, 9.17) is 4.52 Å². The van der Waals surface area contributed by atoms with Crippen LogP contribution < -0.4 is 4.72 Å². The molecule has 1 N–H and O–H groups in total. The molecule has 1 amide bonds. The highest BCUT2D eigenvalue weighted by atomic mass is 32.2. The van der Waals surface area contributed by atoms with Crippen molar-refractivity contribution in [1.82, 2.24) is 14.8 Å². The zero-order valence-corrected chi connectivity index (χ0v) is 16.8. The number of aryl methyl sites for hydroxylation is 2. The maximum atomic E-state index is 13.1. The fourth-order valence-corrected chi connectivity index (χ4v) is 5.10. The van der Waals surface area contributed by atoms with Crippen molar-refractivity contribution in [3.8, 4) is 0 Å². The van der Waals surface area contributed by atoms with Gasteiger partial charge in [-0.3, -0.25) is 4.79 Å². The molecule has 1 aromatic heterocycles. The van der Waals surface area contributed by atoms with Gasteiger partial charge in [-0.15, -0.1) is 0 Å². The van der Waals surface area contributed by atoms with Gasteiger partial charge in [0.15, 0.2) is 5.76 Å². The maximum Gasteiger partial charge on any atom is 0.246 e. The molecular weight excluding hydrogens is 366 g/mol. The zero-order valence-electron chi connectivity index (χ0n) is 16.0. The molecule has 0 radical (unpaired) electrons. The molecule has 2 aromatic rings. The lowest BCUT2D eigenvalue weighted by molar-refractivity contribution is -0.135. The Morgan fingerprint density at radius 1 is 1.22 bits per heavy atom. The summed E-state index contributed by atoms with van der Waals surface area (Å²) in [5.41, 5.74) is 2.62. The third kappa shape index (κ3) is 3.91. The number of carbonyl (C=O) groups is 1. The monoisotopic (exact) mass is 391 g/mol. The molecule has 0 unspecified atom stereocenters. The molecule has 8 heteroatoms. The van der Waals surface area contributed by atoms with Crippen LogP contribution in [-0.4, -0.2) is 37.0 Å². The fraction of sp³-hybridized carbons (Fsp3) is 0.474. The highest BCUT2D eigenvalue weighted by Crippen LogP contribution is 2.23. The van der Waals surface area contributed by atoms with Crippen LogP contribution in [0.1, 0.15) is 36.4 Å². The van der Waals surface area contributed by atoms with Crippen LogP contribution in [0, 0.1) is 19.8 Å². The molecule has 0 spiro atoms. The Kier molecular flexibility index (Phi) is 5.39. The van der Waals surface area contributed by atoms with E-state index in [1.165, 1.54) is 5.56 Å². The second kappa shape index (κ2) is 7.44. The first-order chi connectivity index (χ1) is 12.7. The number of amides is 1. The Bertz CT molecular complexity index is 930. The van der Waals surface area contributed by atoms with Crippen molar-refractivity contribution >= 4 is 15.9 Å². The van der Waals surface area contributed by atoms with Gasteiger partial charge in [-0.2, -0.15) is 4.72 Å². The quantitative estimate of drug-likeness (QED) is 0.843. The van der Waals surface area contributed by atoms with E-state index in [0.717, 1.165) is 12.0 Å². The topological polar surface area (TPSA) is 92.5 Å². The van der Waals surface area contributed by atoms with Crippen molar-refractivity contribution in [2.45, 2.75) is 51.6 Å². The van der Waals surface area contributed by atoms with Crippen LogP contribution in [0.5, 0.6) is 0 Å². The molecule has 1 aromatic carbocycles. The van der Waals surface area contributed by atoms with Gasteiger partial charge in [0.05, 0.1) is 0 Å². The number of hydrogen-bond acceptors (Lipinski definition) is 5. The van der Waals surface area contributed by atoms with Crippen LogP contribution in [0.25, 0.3) is 0 Å². The predicted octanol–water partition coefficient (Wildman–Crippen LogP) is 2.18. The minimum absolute atomic E-state index is 0.00457. The van der Waals surface area contributed by atoms with Gasteiger partial charge in [-0.1, -0.05) is 43.3 Å². The number of sulfonamides is 1. The summed E-state index contributed by atoms with van der Waals surface area (Å²) in [6.07, 6.45) is 0.767. The third-order valence-electron chi connectivity index (χ3n) is 4.89. The van der Waals surface area contributed by atoms with Gasteiger partial charge in [0, 0.05) is 13.1 Å². The van der Waals surface area contributed by atoms with Crippen molar-refractivity contribution in [2.24, 2.45) is 5.92 Å². The Labute approximate surface area is 159 Å². The summed E-state index contributed by atoms with van der Waals surface area (Å²) in [4.78, 5) is 14.9. The minimum Gasteiger partial charge on any atom is -0.360 e. The van der Waals surface area contributed by atoms with E-state index in [0.29, 0.717) is 13.1 Å². The second-order valence-electron chi connectivity index (χ2n) is 7.27. The number of hydrogen-bond donors (Lipinski definition) is 1. The first-order valence-corrected chi connectivity index (χ1v) is 10.5. The first kappa shape index (κ1) is 19.6. The molecular formula is C19H25N3O4S. The molecule has 1 atom stereocenters. The second-order valence-corrected chi connectivity index (χ2v) is 8.93. The van der Waals surface area contributed by atoms with E-state index >= 15 is 0 Å². The summed E-state index contributed by atoms with van der Waals surface area (Å²) in [6.45, 7) is 7.84. The smallest absolute Gasteiger partial charge is 0.246 e. The largest absolute Gasteiger partial charge is 0.360 e. The van der Waals surface area contributed by atoms with Gasteiger partial charge in [-0.05, 0) is 37.3 Å². The summed E-state index contributed by atoms with van der Waals surface area (Å²) in [5, 5.41) is 3.70. The molecule has 0 fully saturated rings. The van der Waals surface area contributed by atoms with Gasteiger partial charge >= 0.3 is 0 Å². The molecule has 27 heavy (non-hydrogen) atoms. The highest BCUT2D eigenvalue weighted by molar-refractivity contribution is 7.89. The third-order valence-corrected chi connectivity index (χ3v) is 6.58. The lowest BCUT2D eigenvalue weighted by Crippen LogP contribution is -2.52. The van der Waals surface area contributed by atoms with Crippen LogP contribution >= 0.6 is 0 Å². The van der Waals surface area contributed by atoms with E-state index in [1.807, 2.05) is 32.0 Å². The fourth-order valence-electron chi connectivity index (χ4n) is 3.44. The van der Waals surface area contributed by atoms with E-state index in [-0.39, 0.29) is 28.2 Å². The Balaban J connectivity index is 1.83. The van der Waals surface area contributed by atoms with Gasteiger partial charge in [0.1, 0.15) is 16.6 Å². The Morgan fingerprint density at radius 2 is 1.89 bits per heavy atom. The van der Waals surface area contributed by atoms with Crippen LogP contribution in [0.2, 0.25) is 0 Å². The number of carbonyl (C=O) groups excluding carboxylic acids is 1. The zero-order chi connectivity index (χ0) is 19.8. The summed E-state index contributed by atoms with van der Waals surface area (Å²) in [7, 11) is -3.92. The highest BCUT2D eigenvalue weighted by Gasteiger charge is 2.35. The number of nitrogens with one attached hydrogen (secondary N) is 1.